The minimum Gasteiger partial charge on any atom is -0.497 e. The van der Waals surface area contributed by atoms with Crippen molar-refractivity contribution < 1.29 is 33.3 Å². The molecule has 1 N–H and O–H groups in total. The van der Waals surface area contributed by atoms with E-state index >= 15 is 0 Å². The summed E-state index contributed by atoms with van der Waals surface area (Å²) in [6.45, 7) is 7.09. The number of carboxylic acids is 1. The molecular formula is C30H36N2O7. The van der Waals surface area contributed by atoms with E-state index in [1.54, 1.807) is 7.11 Å². The fraction of sp³-hybridized carbons (Fsp3) is 0.433. The number of aliphatic carboxylic acids is 1. The lowest BCUT2D eigenvalue weighted by Crippen LogP contribution is -2.31. The third-order valence-corrected chi connectivity index (χ3v) is 6.79. The van der Waals surface area contributed by atoms with Crippen LogP contribution in [0.2, 0.25) is 0 Å². The van der Waals surface area contributed by atoms with Crippen LogP contribution in [0.25, 0.3) is 11.5 Å². The van der Waals surface area contributed by atoms with Crippen LogP contribution in [-0.4, -0.2) is 60.5 Å². The van der Waals surface area contributed by atoms with Crippen LogP contribution in [0.15, 0.2) is 52.9 Å². The van der Waals surface area contributed by atoms with Crippen molar-refractivity contribution in [2.24, 2.45) is 17.8 Å². The van der Waals surface area contributed by atoms with Crippen molar-refractivity contribution in [1.29, 1.82) is 0 Å². The van der Waals surface area contributed by atoms with Crippen LogP contribution in [0.4, 0.5) is 4.79 Å². The molecule has 3 aromatic rings. The molecule has 1 amide bonds. The molecule has 208 valence electrons. The second-order valence-electron chi connectivity index (χ2n) is 10.3. The lowest BCUT2D eigenvalue weighted by atomic mass is 9.90. The van der Waals surface area contributed by atoms with Crippen LogP contribution < -0.4 is 9.47 Å². The maximum atomic E-state index is 12.4. The molecule has 1 aromatic heterocycles. The summed E-state index contributed by atoms with van der Waals surface area (Å²) in [7, 11) is 1.62. The number of aryl methyl sites for hydroxylation is 1. The quantitative estimate of drug-likeness (QED) is 0.354. The molecule has 9 heteroatoms. The summed E-state index contributed by atoms with van der Waals surface area (Å²) < 4.78 is 22.4. The number of benzene rings is 2. The zero-order valence-electron chi connectivity index (χ0n) is 22.9. The Morgan fingerprint density at radius 2 is 1.90 bits per heavy atom. The predicted molar refractivity (Wildman–Crippen MR) is 145 cm³/mol. The Bertz CT molecular complexity index is 1270. The number of nitrogens with zero attached hydrogens (tertiary/aromatic N) is 2. The van der Waals surface area contributed by atoms with Gasteiger partial charge >= 0.3 is 12.1 Å². The largest absolute Gasteiger partial charge is 0.497 e. The molecular weight excluding hydrogens is 500 g/mol. The first kappa shape index (κ1) is 28.0. The molecule has 0 spiro atoms. The highest BCUT2D eigenvalue weighted by Gasteiger charge is 2.40. The summed E-state index contributed by atoms with van der Waals surface area (Å²) in [5.41, 5.74) is 2.68. The van der Waals surface area contributed by atoms with Crippen molar-refractivity contribution >= 4 is 12.1 Å². The Labute approximate surface area is 228 Å². The average molecular weight is 537 g/mol. The Morgan fingerprint density at radius 3 is 2.59 bits per heavy atom. The van der Waals surface area contributed by atoms with Gasteiger partial charge in [-0.2, -0.15) is 0 Å². The fourth-order valence-corrected chi connectivity index (χ4v) is 4.67. The van der Waals surface area contributed by atoms with Gasteiger partial charge in [-0.3, -0.25) is 4.79 Å². The van der Waals surface area contributed by atoms with Gasteiger partial charge in [0.15, 0.2) is 0 Å². The Hall–Kier alpha value is -4.01. The van der Waals surface area contributed by atoms with Crippen molar-refractivity contribution in [2.75, 3.05) is 33.4 Å². The van der Waals surface area contributed by atoms with Gasteiger partial charge in [0.25, 0.3) is 0 Å². The second-order valence-corrected chi connectivity index (χ2v) is 10.3. The summed E-state index contributed by atoms with van der Waals surface area (Å²) in [5, 5.41) is 9.71. The molecule has 0 radical (unpaired) electrons. The molecule has 2 atom stereocenters. The number of likely N-dealkylation sites (tertiary alicyclic amines) is 1. The molecule has 39 heavy (non-hydrogen) atoms. The Balaban J connectivity index is 1.30. The summed E-state index contributed by atoms with van der Waals surface area (Å²) in [6.07, 6.45) is 0.696. The van der Waals surface area contributed by atoms with Gasteiger partial charge in [-0.1, -0.05) is 32.0 Å². The lowest BCUT2D eigenvalue weighted by molar-refractivity contribution is -0.142. The molecule has 0 unspecified atom stereocenters. The number of hydrogen-bond donors (Lipinski definition) is 1. The molecule has 0 saturated carbocycles. The van der Waals surface area contributed by atoms with Crippen LogP contribution in [0.3, 0.4) is 0 Å². The topological polar surface area (TPSA) is 111 Å². The maximum absolute atomic E-state index is 12.4. The van der Waals surface area contributed by atoms with Crippen LogP contribution in [0.1, 0.15) is 30.9 Å². The first-order chi connectivity index (χ1) is 18.7. The minimum atomic E-state index is -0.892. The summed E-state index contributed by atoms with van der Waals surface area (Å²) in [5.74, 6) is 1.27. The molecule has 1 aliphatic heterocycles. The smallest absolute Gasteiger partial charge is 0.409 e. The highest BCUT2D eigenvalue weighted by atomic mass is 16.6. The highest BCUT2D eigenvalue weighted by molar-refractivity contribution is 5.74. The molecule has 0 aliphatic carbocycles. The van der Waals surface area contributed by atoms with E-state index in [2.05, 4.69) is 4.98 Å². The molecule has 1 saturated heterocycles. The number of ether oxygens (including phenoxy) is 3. The van der Waals surface area contributed by atoms with Crippen molar-refractivity contribution in [1.82, 2.24) is 9.88 Å². The number of oxazole rings is 1. The fourth-order valence-electron chi connectivity index (χ4n) is 4.67. The summed E-state index contributed by atoms with van der Waals surface area (Å²) >= 11 is 0. The number of hydrogen-bond acceptors (Lipinski definition) is 7. The summed E-state index contributed by atoms with van der Waals surface area (Å²) in [6, 6.07) is 15.2. The first-order valence-electron chi connectivity index (χ1n) is 13.2. The SMILES string of the molecule is COc1cccc(-c2nc(CCOc3ccc(C[C@@H]4CN(C(=O)OCC(C)C)C[C@@H]4C(=O)O)cc3)c(C)o2)c1. The highest BCUT2D eigenvalue weighted by Crippen LogP contribution is 2.29. The lowest BCUT2D eigenvalue weighted by Gasteiger charge is -2.17. The normalized spacial score (nSPS) is 16.9. The van der Waals surface area contributed by atoms with Crippen LogP contribution >= 0.6 is 0 Å². The van der Waals surface area contributed by atoms with E-state index < -0.39 is 18.0 Å². The monoisotopic (exact) mass is 536 g/mol. The first-order valence-corrected chi connectivity index (χ1v) is 13.2. The van der Waals surface area contributed by atoms with Crippen molar-refractivity contribution in [3.63, 3.8) is 0 Å². The van der Waals surface area contributed by atoms with E-state index in [-0.39, 0.29) is 18.4 Å². The third-order valence-electron chi connectivity index (χ3n) is 6.79. The van der Waals surface area contributed by atoms with Gasteiger partial charge in [-0.15, -0.1) is 0 Å². The molecule has 2 aromatic carbocycles. The van der Waals surface area contributed by atoms with Crippen molar-refractivity contribution in [3.05, 3.63) is 65.5 Å². The van der Waals surface area contributed by atoms with E-state index in [1.807, 2.05) is 69.3 Å². The molecule has 9 nitrogen and oxygen atoms in total. The van der Waals surface area contributed by atoms with Gasteiger partial charge in [-0.25, -0.2) is 9.78 Å². The maximum Gasteiger partial charge on any atom is 0.409 e. The molecule has 0 bridgehead atoms. The Kier molecular flexibility index (Phi) is 9.11. The molecule has 1 fully saturated rings. The zero-order chi connectivity index (χ0) is 27.9. The molecule has 4 rings (SSSR count). The number of rotatable bonds is 11. The number of carbonyl (C=O) groups is 2. The van der Waals surface area contributed by atoms with Gasteiger partial charge < -0.3 is 28.6 Å². The van der Waals surface area contributed by atoms with Gasteiger partial charge in [0, 0.05) is 25.1 Å². The van der Waals surface area contributed by atoms with Crippen molar-refractivity contribution in [2.45, 2.75) is 33.6 Å². The number of amides is 1. The number of carboxylic acid groups (broad SMARTS) is 1. The predicted octanol–water partition coefficient (Wildman–Crippen LogP) is 5.25. The van der Waals surface area contributed by atoms with E-state index in [0.717, 1.165) is 28.3 Å². The third kappa shape index (κ3) is 7.31. The van der Waals surface area contributed by atoms with E-state index in [9.17, 15) is 14.7 Å². The van der Waals surface area contributed by atoms with Gasteiger partial charge in [0.05, 0.1) is 31.9 Å². The zero-order valence-corrected chi connectivity index (χ0v) is 22.9. The Morgan fingerprint density at radius 1 is 1.13 bits per heavy atom. The average Bonchev–Trinajstić information content (AvgIpc) is 3.52. The molecule has 1 aliphatic rings. The van der Waals surface area contributed by atoms with Crippen LogP contribution in [-0.2, 0) is 22.4 Å². The molecule has 2 heterocycles. The van der Waals surface area contributed by atoms with E-state index in [1.165, 1.54) is 4.90 Å². The number of methoxy groups -OCH3 is 1. The van der Waals surface area contributed by atoms with Crippen LogP contribution in [0, 0.1) is 24.7 Å². The standard InChI is InChI=1S/C30H36N2O7/c1-19(2)18-38-30(35)32-16-23(26(17-32)29(33)34)14-21-8-10-24(11-9-21)37-13-12-27-20(3)39-28(31-27)22-6-5-7-25(15-22)36-4/h5-11,15,19,23,26H,12-14,16-18H2,1-4H3,(H,33,34)/t23-,26+/m1/s1. The van der Waals surface area contributed by atoms with Gasteiger partial charge in [0.2, 0.25) is 5.89 Å². The van der Waals surface area contributed by atoms with E-state index in [4.69, 9.17) is 18.6 Å². The minimum absolute atomic E-state index is 0.166. The second kappa shape index (κ2) is 12.7. The summed E-state index contributed by atoms with van der Waals surface area (Å²) in [4.78, 5) is 30.3. The number of carbonyl (C=O) groups excluding carboxylic acids is 1. The van der Waals surface area contributed by atoms with Crippen molar-refractivity contribution in [3.8, 4) is 23.0 Å². The van der Waals surface area contributed by atoms with E-state index in [0.29, 0.717) is 44.2 Å². The van der Waals surface area contributed by atoms with Gasteiger partial charge in [0.1, 0.15) is 17.3 Å². The van der Waals surface area contributed by atoms with Crippen LogP contribution in [0.5, 0.6) is 11.5 Å². The van der Waals surface area contributed by atoms with Gasteiger partial charge in [-0.05, 0) is 61.1 Å². The number of aromatic nitrogens is 1.